The SMILES string of the molecule is O=C(NCc1cccc(CN2CCCCC2)c1)[C@@H]1CCCN(S(=O)(=O)Cc2ccc(Cl)cc2Cl)C1. The van der Waals surface area contributed by atoms with E-state index in [2.05, 4.69) is 22.3 Å². The van der Waals surface area contributed by atoms with Crippen LogP contribution in [0.15, 0.2) is 42.5 Å². The molecule has 2 aliphatic heterocycles. The van der Waals surface area contributed by atoms with Crippen LogP contribution in [-0.2, 0) is 33.7 Å². The van der Waals surface area contributed by atoms with Gasteiger partial charge in [0.1, 0.15) is 0 Å². The van der Waals surface area contributed by atoms with Crippen molar-refractivity contribution < 1.29 is 13.2 Å². The molecule has 35 heavy (non-hydrogen) atoms. The summed E-state index contributed by atoms with van der Waals surface area (Å²) in [5.41, 5.74) is 2.83. The molecule has 0 spiro atoms. The van der Waals surface area contributed by atoms with Gasteiger partial charge in [-0.1, -0.05) is 60.0 Å². The first-order valence-corrected chi connectivity index (χ1v) is 14.7. The second-order valence-electron chi connectivity index (χ2n) is 9.56. The van der Waals surface area contributed by atoms with Crippen LogP contribution >= 0.6 is 23.2 Å². The van der Waals surface area contributed by atoms with Crippen LogP contribution in [-0.4, -0.2) is 49.7 Å². The molecule has 0 aromatic heterocycles. The van der Waals surface area contributed by atoms with Gasteiger partial charge < -0.3 is 5.32 Å². The summed E-state index contributed by atoms with van der Waals surface area (Å²) in [7, 11) is -3.60. The zero-order valence-electron chi connectivity index (χ0n) is 19.9. The topological polar surface area (TPSA) is 69.7 Å². The van der Waals surface area contributed by atoms with Crippen molar-refractivity contribution in [2.24, 2.45) is 5.92 Å². The first kappa shape index (κ1) is 26.4. The van der Waals surface area contributed by atoms with E-state index in [9.17, 15) is 13.2 Å². The first-order valence-electron chi connectivity index (χ1n) is 12.3. The minimum Gasteiger partial charge on any atom is -0.352 e. The molecule has 2 heterocycles. The third-order valence-corrected chi connectivity index (χ3v) is 9.20. The third-order valence-electron chi connectivity index (χ3n) is 6.81. The number of nitrogens with zero attached hydrogens (tertiary/aromatic N) is 2. The van der Waals surface area contributed by atoms with Gasteiger partial charge in [-0.3, -0.25) is 9.69 Å². The number of rotatable bonds is 8. The fraction of sp³-hybridized carbons (Fsp3) is 0.500. The highest BCUT2D eigenvalue weighted by molar-refractivity contribution is 7.88. The molecular formula is C26H33Cl2N3O3S. The van der Waals surface area contributed by atoms with Gasteiger partial charge in [-0.2, -0.15) is 0 Å². The Balaban J connectivity index is 1.31. The number of hydrogen-bond donors (Lipinski definition) is 1. The van der Waals surface area contributed by atoms with Gasteiger partial charge in [0.25, 0.3) is 0 Å². The molecule has 2 aromatic rings. The number of sulfonamides is 1. The molecule has 2 aliphatic rings. The molecule has 9 heteroatoms. The Morgan fingerprint density at radius 2 is 1.74 bits per heavy atom. The summed E-state index contributed by atoms with van der Waals surface area (Å²) in [5, 5.41) is 3.82. The van der Waals surface area contributed by atoms with Gasteiger partial charge >= 0.3 is 0 Å². The molecule has 0 bridgehead atoms. The Kier molecular flexibility index (Phi) is 9.11. The van der Waals surface area contributed by atoms with Crippen LogP contribution in [0.5, 0.6) is 0 Å². The standard InChI is InChI=1S/C26H33Cl2N3O3S/c27-24-10-9-23(25(28)15-24)19-35(33,34)31-13-5-8-22(18-31)26(32)29-16-20-6-4-7-21(14-20)17-30-11-2-1-3-12-30/h4,6-7,9-10,14-15,22H,1-3,5,8,11-13,16-19H2,(H,29,32)/t22-/m1/s1. The minimum absolute atomic E-state index is 0.101. The van der Waals surface area contributed by atoms with Crippen molar-refractivity contribution in [3.05, 3.63) is 69.2 Å². The van der Waals surface area contributed by atoms with E-state index in [4.69, 9.17) is 23.2 Å². The Morgan fingerprint density at radius 1 is 0.971 bits per heavy atom. The summed E-state index contributed by atoms with van der Waals surface area (Å²) in [6.45, 7) is 4.27. The van der Waals surface area contributed by atoms with Crippen LogP contribution in [0.3, 0.4) is 0 Å². The van der Waals surface area contributed by atoms with Gasteiger partial charge in [0.2, 0.25) is 15.9 Å². The van der Waals surface area contributed by atoms with E-state index in [0.717, 1.165) is 25.2 Å². The predicted octanol–water partition coefficient (Wildman–Crippen LogP) is 4.84. The molecular weight excluding hydrogens is 505 g/mol. The van der Waals surface area contributed by atoms with Gasteiger partial charge in [0.15, 0.2) is 0 Å². The summed E-state index contributed by atoms with van der Waals surface area (Å²) >= 11 is 12.1. The zero-order chi connectivity index (χ0) is 24.8. The number of nitrogens with one attached hydrogen (secondary N) is 1. The van der Waals surface area contributed by atoms with Gasteiger partial charge in [0.05, 0.1) is 11.7 Å². The third kappa shape index (κ3) is 7.43. The molecule has 190 valence electrons. The van der Waals surface area contributed by atoms with Gasteiger partial charge in [-0.05, 0) is 67.6 Å². The van der Waals surface area contributed by atoms with Gasteiger partial charge in [-0.25, -0.2) is 12.7 Å². The Bertz CT molecular complexity index is 1140. The number of benzene rings is 2. The molecule has 6 nitrogen and oxygen atoms in total. The van der Waals surface area contributed by atoms with Crippen LogP contribution < -0.4 is 5.32 Å². The number of likely N-dealkylation sites (tertiary alicyclic amines) is 1. The van der Waals surface area contributed by atoms with E-state index in [0.29, 0.717) is 41.5 Å². The van der Waals surface area contributed by atoms with Gasteiger partial charge in [-0.15, -0.1) is 0 Å². The number of amides is 1. The summed E-state index contributed by atoms with van der Waals surface area (Å²) in [6.07, 6.45) is 5.16. The second-order valence-corrected chi connectivity index (χ2v) is 12.4. The molecule has 4 rings (SSSR count). The lowest BCUT2D eigenvalue weighted by molar-refractivity contribution is -0.126. The van der Waals surface area contributed by atoms with E-state index in [1.807, 2.05) is 12.1 Å². The first-order chi connectivity index (χ1) is 16.8. The average Bonchev–Trinajstić information content (AvgIpc) is 2.85. The summed E-state index contributed by atoms with van der Waals surface area (Å²) in [4.78, 5) is 15.4. The molecule has 0 aliphatic carbocycles. The number of carbonyl (C=O) groups is 1. The maximum Gasteiger partial charge on any atom is 0.224 e. The molecule has 1 amide bonds. The van der Waals surface area contributed by atoms with E-state index < -0.39 is 10.0 Å². The summed E-state index contributed by atoms with van der Waals surface area (Å²) in [5.74, 6) is -0.673. The van der Waals surface area contributed by atoms with E-state index in [1.54, 1.807) is 18.2 Å². The molecule has 2 saturated heterocycles. The minimum atomic E-state index is -3.60. The van der Waals surface area contributed by atoms with E-state index >= 15 is 0 Å². The summed E-state index contributed by atoms with van der Waals surface area (Å²) in [6, 6.07) is 13.2. The zero-order valence-corrected chi connectivity index (χ0v) is 22.2. The van der Waals surface area contributed by atoms with Crippen LogP contribution in [0, 0.1) is 5.92 Å². The highest BCUT2D eigenvalue weighted by Gasteiger charge is 2.32. The van der Waals surface area contributed by atoms with Crippen LogP contribution in [0.1, 0.15) is 48.8 Å². The summed E-state index contributed by atoms with van der Waals surface area (Å²) < 4.78 is 27.5. The monoisotopic (exact) mass is 537 g/mol. The van der Waals surface area contributed by atoms with Gasteiger partial charge in [0, 0.05) is 36.2 Å². The normalized spacial score (nSPS) is 20.0. The predicted molar refractivity (Wildman–Crippen MR) is 141 cm³/mol. The quantitative estimate of drug-likeness (QED) is 0.523. The van der Waals surface area contributed by atoms with Crippen molar-refractivity contribution >= 4 is 39.1 Å². The maximum atomic E-state index is 13.0. The Morgan fingerprint density at radius 3 is 2.51 bits per heavy atom. The highest BCUT2D eigenvalue weighted by Crippen LogP contribution is 2.26. The molecule has 1 N–H and O–H groups in total. The lowest BCUT2D eigenvalue weighted by Crippen LogP contribution is -2.45. The lowest BCUT2D eigenvalue weighted by Gasteiger charge is -2.31. The van der Waals surface area contributed by atoms with Crippen molar-refractivity contribution in [1.82, 2.24) is 14.5 Å². The van der Waals surface area contributed by atoms with Crippen molar-refractivity contribution in [3.63, 3.8) is 0 Å². The van der Waals surface area contributed by atoms with E-state index in [-0.39, 0.29) is 24.1 Å². The fourth-order valence-corrected chi connectivity index (χ4v) is 7.08. The van der Waals surface area contributed by atoms with Crippen molar-refractivity contribution in [1.29, 1.82) is 0 Å². The molecule has 2 aromatic carbocycles. The Labute approximate surface area is 218 Å². The average molecular weight is 539 g/mol. The number of piperidine rings is 2. The van der Waals surface area contributed by atoms with Crippen LogP contribution in [0.2, 0.25) is 10.0 Å². The smallest absolute Gasteiger partial charge is 0.224 e. The van der Waals surface area contributed by atoms with Crippen molar-refractivity contribution in [3.8, 4) is 0 Å². The number of hydrogen-bond acceptors (Lipinski definition) is 4. The number of halogens is 2. The Hall–Kier alpha value is -1.64. The molecule has 0 saturated carbocycles. The largest absolute Gasteiger partial charge is 0.352 e. The van der Waals surface area contributed by atoms with Crippen molar-refractivity contribution in [2.75, 3.05) is 26.2 Å². The number of carbonyl (C=O) groups excluding carboxylic acids is 1. The van der Waals surface area contributed by atoms with Crippen molar-refractivity contribution in [2.45, 2.75) is 50.9 Å². The molecule has 2 fully saturated rings. The second kappa shape index (κ2) is 12.1. The highest BCUT2D eigenvalue weighted by atomic mass is 35.5. The van der Waals surface area contributed by atoms with E-state index in [1.165, 1.54) is 29.1 Å². The van der Waals surface area contributed by atoms with Crippen LogP contribution in [0.25, 0.3) is 0 Å². The van der Waals surface area contributed by atoms with Crippen LogP contribution in [0.4, 0.5) is 0 Å². The molecule has 0 unspecified atom stereocenters. The molecule has 0 radical (unpaired) electrons. The maximum absolute atomic E-state index is 13.0. The molecule has 1 atom stereocenters. The fourth-order valence-electron chi connectivity index (χ4n) is 4.88. The lowest BCUT2D eigenvalue weighted by atomic mass is 9.98.